The second-order valence-corrected chi connectivity index (χ2v) is 12.6. The summed E-state index contributed by atoms with van der Waals surface area (Å²) in [5.41, 5.74) is 5.21. The number of aliphatic hydroxyl groups excluding tert-OH is 1. The third-order valence-corrected chi connectivity index (χ3v) is 8.23. The van der Waals surface area contributed by atoms with Crippen molar-refractivity contribution >= 4 is 17.9 Å². The van der Waals surface area contributed by atoms with Gasteiger partial charge in [-0.15, -0.1) is 0 Å². The Hall–Kier alpha value is -2.71. The highest BCUT2D eigenvalue weighted by molar-refractivity contribution is 7.97. The van der Waals surface area contributed by atoms with Crippen LogP contribution in [-0.4, -0.2) is 52.3 Å². The molecule has 0 radical (unpaired) electrons. The first-order valence-electron chi connectivity index (χ1n) is 13.6. The van der Waals surface area contributed by atoms with E-state index < -0.39 is 12.1 Å². The summed E-state index contributed by atoms with van der Waals surface area (Å²) in [4.78, 5) is 12.0. The summed E-state index contributed by atoms with van der Waals surface area (Å²) >= 11 is 1.52. The van der Waals surface area contributed by atoms with Crippen molar-refractivity contribution in [2.75, 3.05) is 20.1 Å². The van der Waals surface area contributed by atoms with Gasteiger partial charge in [-0.25, -0.2) is 8.70 Å². The number of carbonyl (C=O) groups is 1. The molecular formula is C32H39FN2O3S. The third kappa shape index (κ3) is 8.64. The normalized spacial score (nSPS) is 14.5. The van der Waals surface area contributed by atoms with Gasteiger partial charge in [0.1, 0.15) is 5.82 Å². The number of hydrogen-bond donors (Lipinski definition) is 3. The highest BCUT2D eigenvalue weighted by Crippen LogP contribution is 2.33. The zero-order valence-corrected chi connectivity index (χ0v) is 23.8. The van der Waals surface area contributed by atoms with Gasteiger partial charge in [0.05, 0.1) is 6.10 Å². The minimum Gasteiger partial charge on any atom is -0.481 e. The fraction of sp³-hybridized carbons (Fsp3) is 0.406. The van der Waals surface area contributed by atoms with Crippen LogP contribution in [0.25, 0.3) is 11.1 Å². The summed E-state index contributed by atoms with van der Waals surface area (Å²) in [7, 11) is 1.95. The van der Waals surface area contributed by atoms with Crippen LogP contribution in [0.3, 0.4) is 0 Å². The molecule has 3 aromatic carbocycles. The molecule has 5 nitrogen and oxygen atoms in total. The number of rotatable bonds is 13. The molecule has 208 valence electrons. The van der Waals surface area contributed by atoms with Gasteiger partial charge in [0, 0.05) is 29.9 Å². The van der Waals surface area contributed by atoms with Crippen molar-refractivity contribution in [3.8, 4) is 11.1 Å². The van der Waals surface area contributed by atoms with E-state index in [-0.39, 0.29) is 17.8 Å². The molecule has 0 amide bonds. The smallest absolute Gasteiger partial charge is 0.303 e. The van der Waals surface area contributed by atoms with E-state index in [1.165, 1.54) is 35.2 Å². The number of aliphatic carboxylic acids is 1. The van der Waals surface area contributed by atoms with Gasteiger partial charge in [-0.2, -0.15) is 0 Å². The molecular weight excluding hydrogens is 511 g/mol. The fourth-order valence-corrected chi connectivity index (χ4v) is 6.48. The van der Waals surface area contributed by atoms with E-state index in [0.717, 1.165) is 35.3 Å². The van der Waals surface area contributed by atoms with Gasteiger partial charge in [-0.1, -0.05) is 42.5 Å². The molecule has 0 fully saturated rings. The summed E-state index contributed by atoms with van der Waals surface area (Å²) in [5, 5.41) is 23.4. The third-order valence-electron chi connectivity index (χ3n) is 7.31. The second-order valence-electron chi connectivity index (χ2n) is 11.3. The largest absolute Gasteiger partial charge is 0.481 e. The summed E-state index contributed by atoms with van der Waals surface area (Å²) in [5.74, 6) is -0.609. The van der Waals surface area contributed by atoms with E-state index in [1.807, 2.05) is 35.6 Å². The Morgan fingerprint density at radius 1 is 1.10 bits per heavy atom. The van der Waals surface area contributed by atoms with Crippen LogP contribution in [-0.2, 0) is 24.1 Å². The predicted molar refractivity (Wildman–Crippen MR) is 156 cm³/mol. The van der Waals surface area contributed by atoms with Crippen molar-refractivity contribution in [2.45, 2.75) is 62.5 Å². The number of carboxylic acid groups (broad SMARTS) is 1. The number of nitrogens with zero attached hydrogens (tertiary/aromatic N) is 1. The summed E-state index contributed by atoms with van der Waals surface area (Å²) < 4.78 is 16.1. The lowest BCUT2D eigenvalue weighted by Gasteiger charge is -2.31. The molecule has 0 unspecified atom stereocenters. The zero-order chi connectivity index (χ0) is 28.0. The van der Waals surface area contributed by atoms with Crippen molar-refractivity contribution in [1.82, 2.24) is 9.62 Å². The molecule has 0 saturated carbocycles. The first kappa shape index (κ1) is 29.3. The molecule has 3 N–H and O–H groups in total. The Kier molecular flexibility index (Phi) is 9.83. The minimum atomic E-state index is -0.878. The van der Waals surface area contributed by atoms with Gasteiger partial charge in [0.25, 0.3) is 0 Å². The topological polar surface area (TPSA) is 72.8 Å². The standard InChI is InChI=1S/C32H39FN2O3S/c1-32(2,19-22-15-24-7-4-5-8-25(24)16-22)34-20-28(36)21-35(3)39-29-10-6-9-26(17-29)30-18-27(33)13-11-23(30)12-14-31(37)38/h4-11,13,17-18,22,28,34,36H,12,14-16,19-21H2,1-3H3,(H,37,38)/t28-/m1/s1. The monoisotopic (exact) mass is 550 g/mol. The fourth-order valence-electron chi connectivity index (χ4n) is 5.56. The van der Waals surface area contributed by atoms with Gasteiger partial charge in [0.2, 0.25) is 0 Å². The number of benzene rings is 3. The van der Waals surface area contributed by atoms with Gasteiger partial charge in [-0.05, 0) is 117 Å². The number of nitrogens with one attached hydrogen (secondary N) is 1. The average Bonchev–Trinajstić information content (AvgIpc) is 3.28. The Morgan fingerprint density at radius 2 is 1.82 bits per heavy atom. The van der Waals surface area contributed by atoms with Crippen molar-refractivity contribution in [3.63, 3.8) is 0 Å². The highest BCUT2D eigenvalue weighted by Gasteiger charge is 2.28. The van der Waals surface area contributed by atoms with Crippen molar-refractivity contribution in [2.24, 2.45) is 5.92 Å². The molecule has 0 aromatic heterocycles. The van der Waals surface area contributed by atoms with Crippen molar-refractivity contribution < 1.29 is 19.4 Å². The Labute approximate surface area is 235 Å². The quantitative estimate of drug-likeness (QED) is 0.227. The van der Waals surface area contributed by atoms with E-state index in [0.29, 0.717) is 31.0 Å². The van der Waals surface area contributed by atoms with Crippen molar-refractivity contribution in [1.29, 1.82) is 0 Å². The van der Waals surface area contributed by atoms with Gasteiger partial charge in [-0.3, -0.25) is 4.79 Å². The summed E-state index contributed by atoms with van der Waals surface area (Å²) in [6.45, 7) is 5.41. The highest BCUT2D eigenvalue weighted by atomic mass is 32.2. The van der Waals surface area contributed by atoms with Crippen LogP contribution in [0.1, 0.15) is 43.4 Å². The summed E-state index contributed by atoms with van der Waals surface area (Å²) in [6, 6.07) is 21.0. The maximum atomic E-state index is 14.1. The van der Waals surface area contributed by atoms with Gasteiger partial charge >= 0.3 is 5.97 Å². The Morgan fingerprint density at radius 3 is 2.51 bits per heavy atom. The van der Waals surface area contributed by atoms with Gasteiger partial charge < -0.3 is 15.5 Å². The molecule has 0 aliphatic heterocycles. The number of hydrogen-bond acceptors (Lipinski definition) is 5. The van der Waals surface area contributed by atoms with E-state index >= 15 is 0 Å². The van der Waals surface area contributed by atoms with Crippen LogP contribution in [0, 0.1) is 11.7 Å². The van der Waals surface area contributed by atoms with Crippen LogP contribution in [0.4, 0.5) is 4.39 Å². The summed E-state index contributed by atoms with van der Waals surface area (Å²) in [6.07, 6.45) is 3.10. The molecule has 1 aliphatic rings. The minimum absolute atomic E-state index is 0.00710. The number of β-amino-alcohol motifs (C(OH)–C–C–N with tert-alkyl or cyclic N) is 1. The van der Waals surface area contributed by atoms with Crippen LogP contribution in [0.2, 0.25) is 0 Å². The van der Waals surface area contributed by atoms with E-state index in [4.69, 9.17) is 5.11 Å². The number of aryl methyl sites for hydroxylation is 1. The zero-order valence-electron chi connectivity index (χ0n) is 23.0. The maximum absolute atomic E-state index is 14.1. The lowest BCUT2D eigenvalue weighted by Crippen LogP contribution is -2.46. The first-order chi connectivity index (χ1) is 18.6. The van der Waals surface area contributed by atoms with Crippen LogP contribution in [0.5, 0.6) is 0 Å². The van der Waals surface area contributed by atoms with Crippen LogP contribution >= 0.6 is 11.9 Å². The first-order valence-corrected chi connectivity index (χ1v) is 14.3. The van der Waals surface area contributed by atoms with Crippen LogP contribution in [0.15, 0.2) is 71.6 Å². The van der Waals surface area contributed by atoms with Crippen LogP contribution < -0.4 is 5.32 Å². The number of halogens is 1. The second kappa shape index (κ2) is 13.1. The molecule has 0 saturated heterocycles. The van der Waals surface area contributed by atoms with Gasteiger partial charge in [0.15, 0.2) is 0 Å². The average molecular weight is 551 g/mol. The van der Waals surface area contributed by atoms with E-state index in [1.54, 1.807) is 6.07 Å². The number of fused-ring (bicyclic) bond motifs is 1. The lowest BCUT2D eigenvalue weighted by molar-refractivity contribution is -0.136. The van der Waals surface area contributed by atoms with E-state index in [9.17, 15) is 14.3 Å². The van der Waals surface area contributed by atoms with Crippen molar-refractivity contribution in [3.05, 3.63) is 89.2 Å². The predicted octanol–water partition coefficient (Wildman–Crippen LogP) is 5.98. The number of aliphatic hydroxyl groups is 1. The SMILES string of the molecule is CN(C[C@H](O)CNC(C)(C)CC1Cc2ccccc2C1)Sc1cccc(-c2cc(F)ccc2CCC(=O)O)c1. The Balaban J connectivity index is 1.29. The number of carboxylic acids is 1. The van der Waals surface area contributed by atoms with E-state index in [2.05, 4.69) is 43.4 Å². The number of likely N-dealkylation sites (N-methyl/N-ethyl adjacent to an activating group) is 1. The molecule has 0 spiro atoms. The molecule has 7 heteroatoms. The Bertz CT molecular complexity index is 1260. The molecule has 39 heavy (non-hydrogen) atoms. The molecule has 1 aliphatic carbocycles. The lowest BCUT2D eigenvalue weighted by atomic mass is 9.88. The molecule has 3 aromatic rings. The maximum Gasteiger partial charge on any atom is 0.303 e. The molecule has 0 heterocycles. The molecule has 0 bridgehead atoms. The molecule has 4 rings (SSSR count). The molecule has 1 atom stereocenters.